The van der Waals surface area contributed by atoms with Crippen LogP contribution in [0.3, 0.4) is 0 Å². The molecule has 0 saturated heterocycles. The SMILES string of the molecule is Clc1cccc(CNCC2CCCCC2Cl)c1. The molecule has 2 unspecified atom stereocenters. The molecule has 1 aromatic rings. The van der Waals surface area contributed by atoms with Gasteiger partial charge in [-0.05, 0) is 43.0 Å². The first-order valence-electron chi connectivity index (χ1n) is 6.35. The lowest BCUT2D eigenvalue weighted by atomic mass is 9.89. The number of hydrogen-bond donors (Lipinski definition) is 1. The number of benzene rings is 1. The van der Waals surface area contributed by atoms with Gasteiger partial charge in [0.15, 0.2) is 0 Å². The molecule has 0 radical (unpaired) electrons. The first kappa shape index (κ1) is 13.2. The van der Waals surface area contributed by atoms with E-state index in [0.717, 1.165) is 18.1 Å². The highest BCUT2D eigenvalue weighted by atomic mass is 35.5. The fourth-order valence-electron chi connectivity index (χ4n) is 2.44. The maximum atomic E-state index is 6.33. The van der Waals surface area contributed by atoms with E-state index < -0.39 is 0 Å². The topological polar surface area (TPSA) is 12.0 Å². The lowest BCUT2D eigenvalue weighted by Gasteiger charge is -2.27. The minimum Gasteiger partial charge on any atom is -0.312 e. The van der Waals surface area contributed by atoms with Gasteiger partial charge in [-0.1, -0.05) is 36.6 Å². The van der Waals surface area contributed by atoms with Crippen molar-refractivity contribution in [3.63, 3.8) is 0 Å². The second-order valence-corrected chi connectivity index (χ2v) is 5.82. The Hall–Kier alpha value is -0.240. The van der Waals surface area contributed by atoms with Gasteiger partial charge in [0, 0.05) is 16.9 Å². The normalized spacial score (nSPS) is 24.8. The van der Waals surface area contributed by atoms with E-state index in [1.165, 1.54) is 31.2 Å². The van der Waals surface area contributed by atoms with Crippen molar-refractivity contribution in [2.45, 2.75) is 37.6 Å². The molecule has 1 aromatic carbocycles. The fraction of sp³-hybridized carbons (Fsp3) is 0.571. The zero-order chi connectivity index (χ0) is 12.1. The summed E-state index contributed by atoms with van der Waals surface area (Å²) < 4.78 is 0. The van der Waals surface area contributed by atoms with E-state index >= 15 is 0 Å². The minimum atomic E-state index is 0.357. The van der Waals surface area contributed by atoms with Crippen LogP contribution in [-0.2, 0) is 6.54 Å². The molecule has 17 heavy (non-hydrogen) atoms. The Balaban J connectivity index is 1.75. The summed E-state index contributed by atoms with van der Waals surface area (Å²) in [5, 5.41) is 4.65. The largest absolute Gasteiger partial charge is 0.312 e. The molecule has 0 bridgehead atoms. The van der Waals surface area contributed by atoms with E-state index in [1.807, 2.05) is 18.2 Å². The molecule has 0 amide bonds. The van der Waals surface area contributed by atoms with Crippen molar-refractivity contribution in [2.24, 2.45) is 5.92 Å². The monoisotopic (exact) mass is 271 g/mol. The fourth-order valence-corrected chi connectivity index (χ4v) is 3.02. The van der Waals surface area contributed by atoms with Crippen LogP contribution in [0.15, 0.2) is 24.3 Å². The molecule has 0 heterocycles. The number of nitrogens with one attached hydrogen (secondary N) is 1. The van der Waals surface area contributed by atoms with Crippen LogP contribution in [0, 0.1) is 5.92 Å². The van der Waals surface area contributed by atoms with Crippen molar-refractivity contribution in [1.29, 1.82) is 0 Å². The van der Waals surface area contributed by atoms with Crippen molar-refractivity contribution >= 4 is 23.2 Å². The van der Waals surface area contributed by atoms with Gasteiger partial charge < -0.3 is 5.32 Å². The molecule has 1 fully saturated rings. The third-order valence-corrected chi connectivity index (χ3v) is 4.25. The van der Waals surface area contributed by atoms with Gasteiger partial charge in [0.1, 0.15) is 0 Å². The second kappa shape index (κ2) is 6.63. The summed E-state index contributed by atoms with van der Waals surface area (Å²) in [5.41, 5.74) is 1.24. The van der Waals surface area contributed by atoms with Gasteiger partial charge >= 0.3 is 0 Å². The van der Waals surface area contributed by atoms with Crippen LogP contribution >= 0.6 is 23.2 Å². The molecule has 0 spiro atoms. The molecule has 3 heteroatoms. The number of halogens is 2. The molecule has 2 rings (SSSR count). The van der Waals surface area contributed by atoms with Gasteiger partial charge in [-0.15, -0.1) is 11.6 Å². The molecule has 1 saturated carbocycles. The van der Waals surface area contributed by atoms with Gasteiger partial charge in [0.25, 0.3) is 0 Å². The van der Waals surface area contributed by atoms with Crippen molar-refractivity contribution in [1.82, 2.24) is 5.32 Å². The number of alkyl halides is 1. The van der Waals surface area contributed by atoms with Crippen molar-refractivity contribution < 1.29 is 0 Å². The van der Waals surface area contributed by atoms with Gasteiger partial charge in [-0.2, -0.15) is 0 Å². The molecule has 1 aliphatic rings. The van der Waals surface area contributed by atoms with Gasteiger partial charge in [-0.3, -0.25) is 0 Å². The highest BCUT2D eigenvalue weighted by Crippen LogP contribution is 2.28. The highest BCUT2D eigenvalue weighted by Gasteiger charge is 2.22. The third kappa shape index (κ3) is 4.17. The lowest BCUT2D eigenvalue weighted by molar-refractivity contribution is 0.348. The number of rotatable bonds is 4. The summed E-state index contributed by atoms with van der Waals surface area (Å²) in [6.07, 6.45) is 5.05. The first-order valence-corrected chi connectivity index (χ1v) is 7.16. The van der Waals surface area contributed by atoms with Crippen LogP contribution in [0.25, 0.3) is 0 Å². The molecule has 0 aromatic heterocycles. The standard InChI is InChI=1S/C14H19Cl2N/c15-13-6-3-4-11(8-13)9-17-10-12-5-1-2-7-14(12)16/h3-4,6,8,12,14,17H,1-2,5,7,9-10H2. The average Bonchev–Trinajstić information content (AvgIpc) is 2.32. The molecule has 1 nitrogen and oxygen atoms in total. The average molecular weight is 272 g/mol. The van der Waals surface area contributed by atoms with Crippen LogP contribution in [-0.4, -0.2) is 11.9 Å². The van der Waals surface area contributed by atoms with Crippen LogP contribution in [0.5, 0.6) is 0 Å². The van der Waals surface area contributed by atoms with E-state index in [-0.39, 0.29) is 0 Å². The van der Waals surface area contributed by atoms with Gasteiger partial charge in [-0.25, -0.2) is 0 Å². The molecule has 94 valence electrons. The van der Waals surface area contributed by atoms with E-state index in [9.17, 15) is 0 Å². The molecule has 1 N–H and O–H groups in total. The van der Waals surface area contributed by atoms with E-state index in [0.29, 0.717) is 11.3 Å². The third-order valence-electron chi connectivity index (χ3n) is 3.44. The molecular formula is C14H19Cl2N. The summed E-state index contributed by atoms with van der Waals surface area (Å²) in [5.74, 6) is 0.629. The maximum Gasteiger partial charge on any atom is 0.0409 e. The summed E-state index contributed by atoms with van der Waals surface area (Å²) in [4.78, 5) is 0. The van der Waals surface area contributed by atoms with Crippen molar-refractivity contribution in [3.8, 4) is 0 Å². The molecule has 1 aliphatic carbocycles. The Kier molecular flexibility index (Phi) is 5.15. The van der Waals surface area contributed by atoms with Gasteiger partial charge in [0.2, 0.25) is 0 Å². The van der Waals surface area contributed by atoms with Crippen LogP contribution in [0.4, 0.5) is 0 Å². The maximum absolute atomic E-state index is 6.33. The van der Waals surface area contributed by atoms with Crippen LogP contribution in [0.2, 0.25) is 5.02 Å². The van der Waals surface area contributed by atoms with E-state index in [2.05, 4.69) is 11.4 Å². The minimum absolute atomic E-state index is 0.357. The zero-order valence-corrected chi connectivity index (χ0v) is 11.5. The number of hydrogen-bond acceptors (Lipinski definition) is 1. The molecule has 0 aliphatic heterocycles. The summed E-state index contributed by atoms with van der Waals surface area (Å²) in [6.45, 7) is 1.89. The molecular weight excluding hydrogens is 253 g/mol. The van der Waals surface area contributed by atoms with E-state index in [4.69, 9.17) is 23.2 Å². The predicted molar refractivity (Wildman–Crippen MR) is 74.8 cm³/mol. The lowest BCUT2D eigenvalue weighted by Crippen LogP contribution is -2.30. The van der Waals surface area contributed by atoms with E-state index in [1.54, 1.807) is 0 Å². The Labute approximate surface area is 114 Å². The zero-order valence-electron chi connectivity index (χ0n) is 9.96. The Bertz CT molecular complexity index is 354. The Morgan fingerprint density at radius 2 is 2.06 bits per heavy atom. The van der Waals surface area contributed by atoms with Crippen molar-refractivity contribution in [3.05, 3.63) is 34.9 Å². The Morgan fingerprint density at radius 1 is 1.24 bits per heavy atom. The predicted octanol–water partition coefficient (Wildman–Crippen LogP) is 4.23. The Morgan fingerprint density at radius 3 is 2.82 bits per heavy atom. The highest BCUT2D eigenvalue weighted by molar-refractivity contribution is 6.30. The smallest absolute Gasteiger partial charge is 0.0409 e. The summed E-state index contributed by atoms with van der Waals surface area (Å²) >= 11 is 12.3. The van der Waals surface area contributed by atoms with Crippen molar-refractivity contribution in [2.75, 3.05) is 6.54 Å². The summed E-state index contributed by atoms with van der Waals surface area (Å²) in [6, 6.07) is 8.00. The van der Waals surface area contributed by atoms with Crippen LogP contribution < -0.4 is 5.32 Å². The molecule has 2 atom stereocenters. The van der Waals surface area contributed by atoms with Gasteiger partial charge in [0.05, 0.1) is 0 Å². The first-order chi connectivity index (χ1) is 8.25. The summed E-state index contributed by atoms with van der Waals surface area (Å²) in [7, 11) is 0. The quantitative estimate of drug-likeness (QED) is 0.809. The second-order valence-electron chi connectivity index (χ2n) is 4.82. The van der Waals surface area contributed by atoms with Crippen LogP contribution in [0.1, 0.15) is 31.2 Å².